The largest absolute Gasteiger partial charge is 0.298 e. The lowest BCUT2D eigenvalue weighted by Gasteiger charge is -2.53. The smallest absolute Gasteiger partial charge is 0.147 e. The van der Waals surface area contributed by atoms with Gasteiger partial charge in [-0.25, -0.2) is 4.39 Å². The molecule has 0 amide bonds. The Bertz CT molecular complexity index is 570. The molecular weight excluding hydrogens is 367 g/mol. The highest BCUT2D eigenvalue weighted by Crippen LogP contribution is 2.64. The van der Waals surface area contributed by atoms with E-state index in [4.69, 9.17) is 0 Å². The second-order valence-corrected chi connectivity index (χ2v) is 9.90. The SMILES string of the molecule is CC1CCC2C(=C(F)CC3C2CCC2(C)C(C(=O)CBr)CCC32)C1. The molecule has 0 aromatic heterocycles. The number of allylic oxidation sites excluding steroid dienone is 2. The van der Waals surface area contributed by atoms with Crippen LogP contribution >= 0.6 is 15.9 Å². The Kier molecular flexibility index (Phi) is 4.46. The molecule has 7 atom stereocenters. The van der Waals surface area contributed by atoms with E-state index in [1.807, 2.05) is 0 Å². The van der Waals surface area contributed by atoms with Crippen LogP contribution in [0.1, 0.15) is 65.2 Å². The molecule has 1 nitrogen and oxygen atoms in total. The summed E-state index contributed by atoms with van der Waals surface area (Å²) in [5.41, 5.74) is 1.30. The highest BCUT2D eigenvalue weighted by molar-refractivity contribution is 9.09. The van der Waals surface area contributed by atoms with Crippen molar-refractivity contribution in [3.8, 4) is 0 Å². The Balaban J connectivity index is 1.63. The maximum Gasteiger partial charge on any atom is 0.147 e. The van der Waals surface area contributed by atoms with Crippen molar-refractivity contribution in [2.75, 3.05) is 5.33 Å². The van der Waals surface area contributed by atoms with E-state index in [0.717, 1.165) is 19.3 Å². The molecule has 4 aliphatic rings. The van der Waals surface area contributed by atoms with Crippen LogP contribution in [-0.4, -0.2) is 11.1 Å². The molecule has 3 heteroatoms. The minimum Gasteiger partial charge on any atom is -0.298 e. The second kappa shape index (κ2) is 6.21. The second-order valence-electron chi connectivity index (χ2n) is 9.34. The summed E-state index contributed by atoms with van der Waals surface area (Å²) in [6, 6.07) is 0. The van der Waals surface area contributed by atoms with Crippen molar-refractivity contribution in [3.05, 3.63) is 11.4 Å². The molecule has 0 bridgehead atoms. The molecular formula is C21H30BrFO. The van der Waals surface area contributed by atoms with Crippen molar-refractivity contribution in [2.45, 2.75) is 65.2 Å². The van der Waals surface area contributed by atoms with Crippen LogP contribution in [-0.2, 0) is 4.79 Å². The summed E-state index contributed by atoms with van der Waals surface area (Å²) in [6.45, 7) is 4.61. The lowest BCUT2D eigenvalue weighted by molar-refractivity contribution is -0.126. The van der Waals surface area contributed by atoms with E-state index in [2.05, 4.69) is 29.8 Å². The number of hydrogen-bond donors (Lipinski definition) is 0. The first kappa shape index (κ1) is 17.2. The topological polar surface area (TPSA) is 17.1 Å². The highest BCUT2D eigenvalue weighted by atomic mass is 79.9. The van der Waals surface area contributed by atoms with Gasteiger partial charge in [-0.15, -0.1) is 0 Å². The van der Waals surface area contributed by atoms with Crippen molar-refractivity contribution < 1.29 is 9.18 Å². The molecule has 0 aromatic rings. The zero-order chi connectivity index (χ0) is 17.1. The van der Waals surface area contributed by atoms with Crippen molar-refractivity contribution in [1.29, 1.82) is 0 Å². The average Bonchev–Trinajstić information content (AvgIpc) is 2.92. The Morgan fingerprint density at radius 3 is 2.71 bits per heavy atom. The lowest BCUT2D eigenvalue weighted by Crippen LogP contribution is -2.47. The molecule has 0 radical (unpaired) electrons. The molecule has 0 aromatic carbocycles. The van der Waals surface area contributed by atoms with Crippen LogP contribution in [0.15, 0.2) is 11.4 Å². The Hall–Kier alpha value is -0.180. The maximum absolute atomic E-state index is 15.0. The fraction of sp³-hybridized carbons (Fsp3) is 0.857. The van der Waals surface area contributed by atoms with Crippen LogP contribution in [0, 0.1) is 40.9 Å². The summed E-state index contributed by atoms with van der Waals surface area (Å²) in [6.07, 6.45) is 8.64. The van der Waals surface area contributed by atoms with Gasteiger partial charge < -0.3 is 0 Å². The molecule has 0 spiro atoms. The maximum atomic E-state index is 15.0. The van der Waals surface area contributed by atoms with E-state index in [0.29, 0.717) is 47.1 Å². The minimum atomic E-state index is 0.117. The summed E-state index contributed by atoms with van der Waals surface area (Å²) < 4.78 is 15.0. The monoisotopic (exact) mass is 396 g/mol. The van der Waals surface area contributed by atoms with Gasteiger partial charge in [-0.1, -0.05) is 29.8 Å². The molecule has 4 rings (SSSR count). The molecule has 4 aliphatic carbocycles. The highest BCUT2D eigenvalue weighted by Gasteiger charge is 2.58. The summed E-state index contributed by atoms with van der Waals surface area (Å²) in [5.74, 6) is 3.68. The summed E-state index contributed by atoms with van der Waals surface area (Å²) in [4.78, 5) is 12.4. The molecule has 134 valence electrons. The number of alkyl halides is 1. The third-order valence-electron chi connectivity index (χ3n) is 8.28. The fourth-order valence-corrected chi connectivity index (χ4v) is 7.51. The van der Waals surface area contributed by atoms with Crippen molar-refractivity contribution >= 4 is 21.7 Å². The van der Waals surface area contributed by atoms with Gasteiger partial charge in [-0.3, -0.25) is 4.79 Å². The van der Waals surface area contributed by atoms with Gasteiger partial charge >= 0.3 is 0 Å². The number of ketones is 1. The Labute approximate surface area is 154 Å². The number of Topliss-reactive ketones (excluding diaryl/α,β-unsaturated/α-hetero) is 1. The van der Waals surface area contributed by atoms with Crippen LogP contribution in [0.25, 0.3) is 0 Å². The molecule has 3 saturated carbocycles. The number of hydrogen-bond acceptors (Lipinski definition) is 1. The van der Waals surface area contributed by atoms with Gasteiger partial charge in [0.1, 0.15) is 5.78 Å². The molecule has 3 fully saturated rings. The first-order valence-electron chi connectivity index (χ1n) is 9.91. The van der Waals surface area contributed by atoms with E-state index in [1.54, 1.807) is 0 Å². The quantitative estimate of drug-likeness (QED) is 0.517. The van der Waals surface area contributed by atoms with E-state index in [-0.39, 0.29) is 17.2 Å². The molecule has 0 aliphatic heterocycles. The number of fused-ring (bicyclic) bond motifs is 5. The molecule has 0 saturated heterocycles. The van der Waals surface area contributed by atoms with Crippen LogP contribution in [0.4, 0.5) is 4.39 Å². The number of halogens is 2. The van der Waals surface area contributed by atoms with Crippen LogP contribution in [0.2, 0.25) is 0 Å². The lowest BCUT2D eigenvalue weighted by atomic mass is 9.51. The van der Waals surface area contributed by atoms with Crippen LogP contribution in [0.5, 0.6) is 0 Å². The predicted molar refractivity (Wildman–Crippen MR) is 98.6 cm³/mol. The van der Waals surface area contributed by atoms with Gasteiger partial charge in [-0.05, 0) is 85.5 Å². The predicted octanol–water partition coefficient (Wildman–Crippen LogP) is 6.07. The van der Waals surface area contributed by atoms with Gasteiger partial charge in [0.15, 0.2) is 0 Å². The van der Waals surface area contributed by atoms with E-state index < -0.39 is 0 Å². The van der Waals surface area contributed by atoms with Gasteiger partial charge in [0, 0.05) is 12.3 Å². The first-order valence-corrected chi connectivity index (χ1v) is 11.0. The minimum absolute atomic E-state index is 0.117. The Morgan fingerprint density at radius 1 is 1.17 bits per heavy atom. The average molecular weight is 397 g/mol. The molecule has 0 heterocycles. The summed E-state index contributed by atoms with van der Waals surface area (Å²) >= 11 is 3.38. The standard InChI is InChI=1S/C21H30BrFO/c1-12-3-4-13-14-7-8-21(2)17(5-6-18(21)20(24)11-22)15(14)10-19(23)16(13)9-12/h12-15,17-18H,3-11H2,1-2H3. The van der Waals surface area contributed by atoms with Crippen LogP contribution < -0.4 is 0 Å². The number of carbonyl (C=O) groups is 1. The van der Waals surface area contributed by atoms with Gasteiger partial charge in [0.05, 0.1) is 11.2 Å². The van der Waals surface area contributed by atoms with E-state index >= 15 is 0 Å². The molecule has 7 unspecified atom stereocenters. The first-order chi connectivity index (χ1) is 11.5. The van der Waals surface area contributed by atoms with Gasteiger partial charge in [-0.2, -0.15) is 0 Å². The van der Waals surface area contributed by atoms with Gasteiger partial charge in [0.2, 0.25) is 0 Å². The van der Waals surface area contributed by atoms with Crippen molar-refractivity contribution in [2.24, 2.45) is 40.9 Å². The Morgan fingerprint density at radius 2 is 1.96 bits per heavy atom. The molecule has 0 N–H and O–H groups in total. The number of rotatable bonds is 2. The van der Waals surface area contributed by atoms with E-state index in [9.17, 15) is 9.18 Å². The summed E-state index contributed by atoms with van der Waals surface area (Å²) in [7, 11) is 0. The summed E-state index contributed by atoms with van der Waals surface area (Å²) in [5, 5.41) is 0.479. The molecule has 24 heavy (non-hydrogen) atoms. The fourth-order valence-electron chi connectivity index (χ4n) is 7.12. The van der Waals surface area contributed by atoms with E-state index in [1.165, 1.54) is 31.3 Å². The zero-order valence-electron chi connectivity index (χ0n) is 15.0. The van der Waals surface area contributed by atoms with Crippen molar-refractivity contribution in [1.82, 2.24) is 0 Å². The third kappa shape index (κ3) is 2.47. The third-order valence-corrected chi connectivity index (χ3v) is 8.83. The van der Waals surface area contributed by atoms with Crippen molar-refractivity contribution in [3.63, 3.8) is 0 Å². The van der Waals surface area contributed by atoms with Gasteiger partial charge in [0.25, 0.3) is 0 Å². The normalized spacial score (nSPS) is 47.8. The van der Waals surface area contributed by atoms with Crippen LogP contribution in [0.3, 0.4) is 0 Å². The number of carbonyl (C=O) groups excluding carboxylic acids is 1. The zero-order valence-corrected chi connectivity index (χ0v) is 16.6.